The Kier molecular flexibility index (Phi) is 7.27. The fraction of sp³-hybridized carbons (Fsp3) is 0.226. The first-order valence-corrected chi connectivity index (χ1v) is 12.8. The zero-order valence-electron chi connectivity index (χ0n) is 22.1. The minimum absolute atomic E-state index is 0.102. The van der Waals surface area contributed by atoms with E-state index in [-0.39, 0.29) is 25.0 Å². The number of carbonyl (C=O) groups excluding carboxylic acids is 2. The number of ether oxygens (including phenoxy) is 2. The van der Waals surface area contributed by atoms with E-state index in [0.717, 1.165) is 27.4 Å². The van der Waals surface area contributed by atoms with Gasteiger partial charge in [-0.1, -0.05) is 60.7 Å². The second-order valence-electron chi connectivity index (χ2n) is 9.77. The van der Waals surface area contributed by atoms with Crippen molar-refractivity contribution in [1.29, 1.82) is 0 Å². The number of rotatable bonds is 9. The molecular formula is C31H31N3O5. The van der Waals surface area contributed by atoms with Crippen LogP contribution in [0.15, 0.2) is 89.5 Å². The van der Waals surface area contributed by atoms with Crippen molar-refractivity contribution in [2.75, 3.05) is 7.11 Å². The summed E-state index contributed by atoms with van der Waals surface area (Å²) in [5.41, 5.74) is 2.10. The molecule has 0 unspecified atom stereocenters. The van der Waals surface area contributed by atoms with Crippen LogP contribution in [0, 0.1) is 0 Å². The highest BCUT2D eigenvalue weighted by molar-refractivity contribution is 5.92. The van der Waals surface area contributed by atoms with Crippen molar-refractivity contribution in [3.8, 4) is 5.75 Å². The molecule has 3 aromatic carbocycles. The minimum atomic E-state index is -1.30. The molecule has 2 heterocycles. The summed E-state index contributed by atoms with van der Waals surface area (Å²) in [6, 6.07) is 24.6. The second-order valence-corrected chi connectivity index (χ2v) is 9.77. The molecule has 0 aliphatic rings. The summed E-state index contributed by atoms with van der Waals surface area (Å²) in [6.07, 6.45) is 1.39. The number of H-pyrrole nitrogens is 1. The zero-order chi connectivity index (χ0) is 27.4. The Morgan fingerprint density at radius 2 is 1.79 bits per heavy atom. The number of para-hydroxylation sites is 2. The van der Waals surface area contributed by atoms with Gasteiger partial charge in [0, 0.05) is 28.9 Å². The SMILES string of the molecule is COc1cccc2cc(COC(=O)N[C@](C)(Cc3c[nH]c4ccccc34)C(=O)N[C@@H](C)c3ccccc3)oc12. The molecule has 2 atom stereocenters. The van der Waals surface area contributed by atoms with E-state index >= 15 is 0 Å². The van der Waals surface area contributed by atoms with Crippen molar-refractivity contribution in [1.82, 2.24) is 15.6 Å². The van der Waals surface area contributed by atoms with Gasteiger partial charge in [-0.25, -0.2) is 4.79 Å². The molecule has 0 aliphatic heterocycles. The van der Waals surface area contributed by atoms with Crippen LogP contribution in [0.1, 0.15) is 36.8 Å². The van der Waals surface area contributed by atoms with E-state index in [4.69, 9.17) is 13.9 Å². The maximum absolute atomic E-state index is 13.7. The molecule has 0 saturated heterocycles. The monoisotopic (exact) mass is 525 g/mol. The first-order chi connectivity index (χ1) is 18.9. The number of nitrogens with one attached hydrogen (secondary N) is 3. The number of hydrogen-bond acceptors (Lipinski definition) is 5. The van der Waals surface area contributed by atoms with Gasteiger partial charge < -0.3 is 29.5 Å². The minimum Gasteiger partial charge on any atom is -0.493 e. The third kappa shape index (κ3) is 5.60. The standard InChI is InChI=1S/C31H31N3O5/c1-20(21-10-5-4-6-11-21)33-29(35)31(2,17-23-18-32-26-14-8-7-13-25(23)26)34-30(36)38-19-24-16-22-12-9-15-27(37-3)28(22)39-24/h4-16,18,20,32H,17,19H2,1-3H3,(H,33,35)(H,34,36)/t20-,31+/m0/s1. The molecule has 0 fully saturated rings. The molecule has 3 N–H and O–H groups in total. The Balaban J connectivity index is 1.34. The van der Waals surface area contributed by atoms with E-state index in [0.29, 0.717) is 17.1 Å². The number of aromatic amines is 1. The van der Waals surface area contributed by atoms with Gasteiger partial charge in [-0.05, 0) is 43.2 Å². The molecule has 8 nitrogen and oxygen atoms in total. The van der Waals surface area contributed by atoms with E-state index in [9.17, 15) is 9.59 Å². The molecule has 0 saturated carbocycles. The Bertz CT molecular complexity index is 1610. The molecule has 0 bridgehead atoms. The Morgan fingerprint density at radius 3 is 2.59 bits per heavy atom. The van der Waals surface area contributed by atoms with Gasteiger partial charge in [-0.3, -0.25) is 4.79 Å². The molecule has 5 rings (SSSR count). The molecule has 2 aromatic heterocycles. The summed E-state index contributed by atoms with van der Waals surface area (Å²) in [5, 5.41) is 7.71. The Morgan fingerprint density at radius 1 is 1.03 bits per heavy atom. The molecule has 2 amide bonds. The predicted octanol–water partition coefficient (Wildman–Crippen LogP) is 6.03. The van der Waals surface area contributed by atoms with Crippen LogP contribution in [0.25, 0.3) is 21.9 Å². The lowest BCUT2D eigenvalue weighted by molar-refractivity contribution is -0.127. The van der Waals surface area contributed by atoms with E-state index in [1.807, 2.05) is 79.9 Å². The maximum Gasteiger partial charge on any atom is 0.408 e. The van der Waals surface area contributed by atoms with Gasteiger partial charge in [0.2, 0.25) is 5.91 Å². The number of carbonyl (C=O) groups is 2. The number of methoxy groups -OCH3 is 1. The largest absolute Gasteiger partial charge is 0.493 e. The average molecular weight is 526 g/mol. The van der Waals surface area contributed by atoms with Crippen LogP contribution >= 0.6 is 0 Å². The number of fused-ring (bicyclic) bond motifs is 2. The Labute approximate surface area is 226 Å². The maximum atomic E-state index is 13.7. The molecule has 5 aromatic rings. The van der Waals surface area contributed by atoms with Crippen molar-refractivity contribution >= 4 is 33.9 Å². The molecule has 0 aliphatic carbocycles. The molecular weight excluding hydrogens is 494 g/mol. The quantitative estimate of drug-likeness (QED) is 0.218. The second kappa shape index (κ2) is 10.9. The van der Waals surface area contributed by atoms with E-state index < -0.39 is 11.6 Å². The van der Waals surface area contributed by atoms with Gasteiger partial charge in [0.25, 0.3) is 0 Å². The normalized spacial score (nSPS) is 13.5. The molecule has 0 spiro atoms. The fourth-order valence-corrected chi connectivity index (χ4v) is 4.74. The van der Waals surface area contributed by atoms with Gasteiger partial charge in [0.1, 0.15) is 11.3 Å². The zero-order valence-corrected chi connectivity index (χ0v) is 22.1. The topological polar surface area (TPSA) is 106 Å². The van der Waals surface area contributed by atoms with Crippen molar-refractivity contribution in [2.45, 2.75) is 38.5 Å². The van der Waals surface area contributed by atoms with E-state index in [1.54, 1.807) is 26.2 Å². The molecule has 39 heavy (non-hydrogen) atoms. The number of furan rings is 1. The van der Waals surface area contributed by atoms with Crippen molar-refractivity contribution in [2.24, 2.45) is 0 Å². The lowest BCUT2D eigenvalue weighted by atomic mass is 9.91. The van der Waals surface area contributed by atoms with Gasteiger partial charge in [0.15, 0.2) is 17.9 Å². The summed E-state index contributed by atoms with van der Waals surface area (Å²) in [6.45, 7) is 3.51. The fourth-order valence-electron chi connectivity index (χ4n) is 4.74. The van der Waals surface area contributed by atoms with Gasteiger partial charge >= 0.3 is 6.09 Å². The van der Waals surface area contributed by atoms with Crippen molar-refractivity contribution in [3.05, 3.63) is 102 Å². The van der Waals surface area contributed by atoms with Crippen LogP contribution in [0.4, 0.5) is 4.79 Å². The highest BCUT2D eigenvalue weighted by Gasteiger charge is 2.37. The van der Waals surface area contributed by atoms with Crippen LogP contribution < -0.4 is 15.4 Å². The lowest BCUT2D eigenvalue weighted by Crippen LogP contribution is -2.58. The van der Waals surface area contributed by atoms with Crippen LogP contribution in [0.2, 0.25) is 0 Å². The van der Waals surface area contributed by atoms with Gasteiger partial charge in [-0.15, -0.1) is 0 Å². The van der Waals surface area contributed by atoms with Crippen molar-refractivity contribution < 1.29 is 23.5 Å². The van der Waals surface area contributed by atoms with Crippen LogP contribution in [-0.2, 0) is 22.6 Å². The number of aromatic nitrogens is 1. The molecule has 200 valence electrons. The van der Waals surface area contributed by atoms with E-state index in [1.165, 1.54) is 0 Å². The van der Waals surface area contributed by atoms with Crippen LogP contribution in [-0.4, -0.2) is 29.6 Å². The van der Waals surface area contributed by atoms with Crippen LogP contribution in [0.5, 0.6) is 5.75 Å². The van der Waals surface area contributed by atoms with Gasteiger partial charge in [0.05, 0.1) is 13.2 Å². The lowest BCUT2D eigenvalue weighted by Gasteiger charge is -2.30. The van der Waals surface area contributed by atoms with Gasteiger partial charge in [-0.2, -0.15) is 0 Å². The summed E-state index contributed by atoms with van der Waals surface area (Å²) < 4.78 is 16.7. The van der Waals surface area contributed by atoms with E-state index in [2.05, 4.69) is 15.6 Å². The highest BCUT2D eigenvalue weighted by Crippen LogP contribution is 2.29. The van der Waals surface area contributed by atoms with Crippen LogP contribution in [0.3, 0.4) is 0 Å². The molecule has 8 heteroatoms. The summed E-state index contributed by atoms with van der Waals surface area (Å²) in [5.74, 6) is 0.735. The smallest absolute Gasteiger partial charge is 0.408 e. The number of benzene rings is 3. The average Bonchev–Trinajstić information content (AvgIpc) is 3.56. The molecule has 0 radical (unpaired) electrons. The predicted molar refractivity (Wildman–Crippen MR) is 149 cm³/mol. The highest BCUT2D eigenvalue weighted by atomic mass is 16.6. The first kappa shape index (κ1) is 25.9. The number of alkyl carbamates (subject to hydrolysis) is 1. The third-order valence-corrected chi connectivity index (χ3v) is 6.87. The third-order valence-electron chi connectivity index (χ3n) is 6.87. The Hall–Kier alpha value is -4.72. The first-order valence-electron chi connectivity index (χ1n) is 12.8. The summed E-state index contributed by atoms with van der Waals surface area (Å²) >= 11 is 0. The summed E-state index contributed by atoms with van der Waals surface area (Å²) in [7, 11) is 1.57. The summed E-state index contributed by atoms with van der Waals surface area (Å²) in [4.78, 5) is 30.0. The number of amides is 2. The van der Waals surface area contributed by atoms with Crippen molar-refractivity contribution in [3.63, 3.8) is 0 Å². The number of hydrogen-bond donors (Lipinski definition) is 3.